The van der Waals surface area contributed by atoms with E-state index in [4.69, 9.17) is 23.2 Å². The molecule has 0 bridgehead atoms. The lowest BCUT2D eigenvalue weighted by atomic mass is 10.3. The van der Waals surface area contributed by atoms with Crippen LogP contribution in [-0.4, -0.2) is 20.4 Å². The van der Waals surface area contributed by atoms with E-state index >= 15 is 0 Å². The Hall–Kier alpha value is -1.67. The van der Waals surface area contributed by atoms with Crippen molar-refractivity contribution in [2.75, 3.05) is 5.32 Å². The molecule has 0 aliphatic heterocycles. The molecule has 0 aliphatic rings. The summed E-state index contributed by atoms with van der Waals surface area (Å²) in [6, 6.07) is 7.85. The summed E-state index contributed by atoms with van der Waals surface area (Å²) in [4.78, 5) is 12.0. The van der Waals surface area contributed by atoms with Gasteiger partial charge >= 0.3 is 0 Å². The predicted molar refractivity (Wildman–Crippen MR) is 91.3 cm³/mol. The van der Waals surface area contributed by atoms with Gasteiger partial charge in [-0.2, -0.15) is 4.72 Å². The minimum absolute atomic E-state index is 0.149. The van der Waals surface area contributed by atoms with E-state index in [0.717, 1.165) is 24.3 Å². The molecule has 2 rings (SSSR count). The van der Waals surface area contributed by atoms with Gasteiger partial charge in [-0.1, -0.05) is 29.3 Å². The van der Waals surface area contributed by atoms with Crippen LogP contribution in [0.15, 0.2) is 47.4 Å². The lowest BCUT2D eigenvalue weighted by molar-refractivity contribution is -0.117. The Morgan fingerprint density at radius 3 is 2.38 bits per heavy atom. The van der Waals surface area contributed by atoms with Crippen molar-refractivity contribution in [3.05, 3.63) is 58.3 Å². The number of hydrogen-bond acceptors (Lipinski definition) is 3. The van der Waals surface area contributed by atoms with Crippen molar-refractivity contribution in [1.29, 1.82) is 0 Å². The maximum absolute atomic E-state index is 12.9. The summed E-state index contributed by atoms with van der Waals surface area (Å²) < 4.78 is 39.4. The van der Waals surface area contributed by atoms with Crippen molar-refractivity contribution in [1.82, 2.24) is 4.72 Å². The smallest absolute Gasteiger partial charge is 0.242 e. The number of amides is 1. The molecule has 2 N–H and O–H groups in total. The van der Waals surface area contributed by atoms with Crippen molar-refractivity contribution in [2.24, 2.45) is 0 Å². The van der Waals surface area contributed by atoms with Crippen molar-refractivity contribution >= 4 is 44.8 Å². The second-order valence-electron chi connectivity index (χ2n) is 4.89. The third-order valence-electron chi connectivity index (χ3n) is 3.06. The Balaban J connectivity index is 2.11. The molecule has 0 aliphatic carbocycles. The molecule has 0 aromatic heterocycles. The Kier molecular flexibility index (Phi) is 5.82. The Labute approximate surface area is 148 Å². The van der Waals surface area contributed by atoms with E-state index in [1.165, 1.54) is 13.0 Å². The average molecular weight is 391 g/mol. The number of anilines is 1. The van der Waals surface area contributed by atoms with Gasteiger partial charge in [-0.3, -0.25) is 4.79 Å². The van der Waals surface area contributed by atoms with Crippen LogP contribution in [0.3, 0.4) is 0 Å². The lowest BCUT2D eigenvalue weighted by Crippen LogP contribution is -2.41. The fraction of sp³-hybridized carbons (Fsp3) is 0.133. The second kappa shape index (κ2) is 7.48. The first kappa shape index (κ1) is 18.7. The summed E-state index contributed by atoms with van der Waals surface area (Å²) >= 11 is 11.8. The molecule has 0 spiro atoms. The van der Waals surface area contributed by atoms with E-state index in [1.54, 1.807) is 12.1 Å². The minimum Gasteiger partial charge on any atom is -0.323 e. The van der Waals surface area contributed by atoms with E-state index < -0.39 is 27.8 Å². The number of halogens is 3. The van der Waals surface area contributed by atoms with E-state index in [9.17, 15) is 17.6 Å². The number of hydrogen-bond donors (Lipinski definition) is 2. The second-order valence-corrected chi connectivity index (χ2v) is 7.39. The zero-order chi connectivity index (χ0) is 17.9. The summed E-state index contributed by atoms with van der Waals surface area (Å²) in [7, 11) is -3.97. The van der Waals surface area contributed by atoms with Crippen LogP contribution in [0.1, 0.15) is 6.92 Å². The highest BCUT2D eigenvalue weighted by molar-refractivity contribution is 7.89. The number of rotatable bonds is 5. The van der Waals surface area contributed by atoms with Gasteiger partial charge in [0.2, 0.25) is 15.9 Å². The third-order valence-corrected chi connectivity index (χ3v) is 5.43. The fourth-order valence-corrected chi connectivity index (χ4v) is 3.36. The SMILES string of the molecule is C[C@@H](NS(=O)(=O)c1ccc(F)cc1)C(=O)Nc1cccc(Cl)c1Cl. The van der Waals surface area contributed by atoms with Crippen LogP contribution in [0.2, 0.25) is 10.0 Å². The first-order chi connectivity index (χ1) is 11.2. The monoisotopic (exact) mass is 390 g/mol. The van der Waals surface area contributed by atoms with E-state index in [-0.39, 0.29) is 20.6 Å². The van der Waals surface area contributed by atoms with Crippen molar-refractivity contribution in [3.63, 3.8) is 0 Å². The zero-order valence-electron chi connectivity index (χ0n) is 12.4. The maximum Gasteiger partial charge on any atom is 0.242 e. The van der Waals surface area contributed by atoms with Gasteiger partial charge in [-0.15, -0.1) is 0 Å². The van der Waals surface area contributed by atoms with Gasteiger partial charge in [0, 0.05) is 0 Å². The van der Waals surface area contributed by atoms with Gasteiger partial charge in [-0.25, -0.2) is 12.8 Å². The Morgan fingerprint density at radius 1 is 1.12 bits per heavy atom. The zero-order valence-corrected chi connectivity index (χ0v) is 14.7. The van der Waals surface area contributed by atoms with Gasteiger partial charge in [0.15, 0.2) is 0 Å². The molecule has 0 unspecified atom stereocenters. The molecule has 24 heavy (non-hydrogen) atoms. The van der Waals surface area contributed by atoms with Crippen LogP contribution in [0, 0.1) is 5.82 Å². The van der Waals surface area contributed by atoms with Crippen LogP contribution < -0.4 is 10.0 Å². The molecule has 9 heteroatoms. The summed E-state index contributed by atoms with van der Waals surface area (Å²) in [5.41, 5.74) is 0.266. The highest BCUT2D eigenvalue weighted by atomic mass is 35.5. The molecule has 5 nitrogen and oxygen atoms in total. The molecule has 0 heterocycles. The number of carbonyl (C=O) groups is 1. The van der Waals surface area contributed by atoms with Gasteiger partial charge in [0.1, 0.15) is 5.82 Å². The molecule has 2 aromatic rings. The molecule has 128 valence electrons. The number of benzene rings is 2. The van der Waals surface area contributed by atoms with Gasteiger partial charge in [0.05, 0.1) is 26.7 Å². The summed E-state index contributed by atoms with van der Waals surface area (Å²) in [5, 5.41) is 2.90. The van der Waals surface area contributed by atoms with Gasteiger partial charge in [-0.05, 0) is 43.3 Å². The summed E-state index contributed by atoms with van der Waals surface area (Å²) in [5.74, 6) is -1.18. The third kappa shape index (κ3) is 4.45. The van der Waals surface area contributed by atoms with Gasteiger partial charge in [0.25, 0.3) is 0 Å². The minimum atomic E-state index is -3.97. The first-order valence-corrected chi connectivity index (χ1v) is 8.97. The summed E-state index contributed by atoms with van der Waals surface area (Å²) in [6.07, 6.45) is 0. The molecule has 1 atom stereocenters. The normalized spacial score (nSPS) is 12.7. The molecular formula is C15H13Cl2FN2O3S. The highest BCUT2D eigenvalue weighted by Gasteiger charge is 2.22. The van der Waals surface area contributed by atoms with Crippen LogP contribution in [-0.2, 0) is 14.8 Å². The molecule has 2 aromatic carbocycles. The average Bonchev–Trinajstić information content (AvgIpc) is 2.51. The van der Waals surface area contributed by atoms with Crippen molar-refractivity contribution in [3.8, 4) is 0 Å². The number of carbonyl (C=O) groups excluding carboxylic acids is 1. The molecular weight excluding hydrogens is 378 g/mol. The van der Waals surface area contributed by atoms with Crippen molar-refractivity contribution < 1.29 is 17.6 Å². The highest BCUT2D eigenvalue weighted by Crippen LogP contribution is 2.29. The van der Waals surface area contributed by atoms with Crippen LogP contribution >= 0.6 is 23.2 Å². The molecule has 1 amide bonds. The van der Waals surface area contributed by atoms with Crippen molar-refractivity contribution in [2.45, 2.75) is 17.9 Å². The predicted octanol–water partition coefficient (Wildman–Crippen LogP) is 3.44. The molecule has 0 saturated carbocycles. The van der Waals surface area contributed by atoms with E-state index in [0.29, 0.717) is 0 Å². The topological polar surface area (TPSA) is 75.3 Å². The Bertz CT molecular complexity index is 858. The van der Waals surface area contributed by atoms with Crippen LogP contribution in [0.25, 0.3) is 0 Å². The largest absolute Gasteiger partial charge is 0.323 e. The number of nitrogens with one attached hydrogen (secondary N) is 2. The molecule has 0 fully saturated rings. The summed E-state index contributed by atoms with van der Waals surface area (Å²) in [6.45, 7) is 1.37. The molecule has 0 radical (unpaired) electrons. The fourth-order valence-electron chi connectivity index (χ4n) is 1.81. The van der Waals surface area contributed by atoms with E-state index in [2.05, 4.69) is 10.0 Å². The van der Waals surface area contributed by atoms with E-state index in [1.807, 2.05) is 0 Å². The lowest BCUT2D eigenvalue weighted by Gasteiger charge is -2.15. The maximum atomic E-state index is 12.9. The van der Waals surface area contributed by atoms with Crippen LogP contribution in [0.4, 0.5) is 10.1 Å². The molecule has 0 saturated heterocycles. The Morgan fingerprint density at radius 2 is 1.75 bits per heavy atom. The standard InChI is InChI=1S/C15H13Cl2FN2O3S/c1-9(15(21)19-13-4-2-3-12(16)14(13)17)20-24(22,23)11-7-5-10(18)6-8-11/h2-9,20H,1H3,(H,19,21)/t9-/m1/s1. The van der Waals surface area contributed by atoms with Gasteiger partial charge < -0.3 is 5.32 Å². The number of sulfonamides is 1. The quantitative estimate of drug-likeness (QED) is 0.820. The first-order valence-electron chi connectivity index (χ1n) is 6.73. The van der Waals surface area contributed by atoms with Crippen LogP contribution in [0.5, 0.6) is 0 Å².